The minimum atomic E-state index is -0.508. The van der Waals surface area contributed by atoms with Crippen LogP contribution in [0.5, 0.6) is 0 Å². The van der Waals surface area contributed by atoms with Gasteiger partial charge in [0.25, 0.3) is 5.91 Å². The van der Waals surface area contributed by atoms with Crippen molar-refractivity contribution in [1.29, 1.82) is 0 Å². The summed E-state index contributed by atoms with van der Waals surface area (Å²) < 4.78 is 19.5. The van der Waals surface area contributed by atoms with Gasteiger partial charge in [-0.15, -0.1) is 0 Å². The van der Waals surface area contributed by atoms with Gasteiger partial charge in [-0.05, 0) is 37.5 Å². The molecule has 1 heterocycles. The van der Waals surface area contributed by atoms with Crippen LogP contribution in [0.15, 0.2) is 12.1 Å². The third-order valence-corrected chi connectivity index (χ3v) is 3.80. The first-order valence-electron chi connectivity index (χ1n) is 6.98. The maximum absolute atomic E-state index is 13.9. The molecule has 5 heteroatoms. The largest absolute Gasteiger partial charge is 0.399 e. The molecule has 0 bridgehead atoms. The average Bonchev–Trinajstić information content (AvgIpc) is 2.87. The Hall–Kier alpha value is -1.62. The van der Waals surface area contributed by atoms with E-state index >= 15 is 0 Å². The van der Waals surface area contributed by atoms with Crippen LogP contribution >= 0.6 is 0 Å². The topological polar surface area (TPSA) is 64.3 Å². The number of carbonyl (C=O) groups excluding carboxylic acids is 1. The molecular weight excluding hydrogens is 259 g/mol. The molecule has 0 aromatic heterocycles. The Labute approximate surface area is 118 Å². The van der Waals surface area contributed by atoms with Crippen LogP contribution in [-0.4, -0.2) is 25.2 Å². The Morgan fingerprint density at radius 2 is 2.30 bits per heavy atom. The molecule has 110 valence electrons. The first kappa shape index (κ1) is 14.8. The van der Waals surface area contributed by atoms with Crippen molar-refractivity contribution in [2.75, 3.05) is 18.9 Å². The van der Waals surface area contributed by atoms with Gasteiger partial charge in [-0.25, -0.2) is 4.39 Å². The molecule has 0 spiro atoms. The zero-order valence-corrected chi connectivity index (χ0v) is 11.9. The molecule has 1 aromatic carbocycles. The number of anilines is 1. The molecular formula is C15H21FN2O2. The lowest BCUT2D eigenvalue weighted by Crippen LogP contribution is -2.33. The molecule has 1 aromatic rings. The van der Waals surface area contributed by atoms with Gasteiger partial charge in [-0.2, -0.15) is 0 Å². The number of carbonyl (C=O) groups is 1. The molecule has 3 N–H and O–H groups in total. The van der Waals surface area contributed by atoms with Crippen LogP contribution in [0.2, 0.25) is 0 Å². The van der Waals surface area contributed by atoms with Gasteiger partial charge in [0.15, 0.2) is 0 Å². The van der Waals surface area contributed by atoms with E-state index in [9.17, 15) is 9.18 Å². The van der Waals surface area contributed by atoms with Crippen LogP contribution in [-0.2, 0) is 4.74 Å². The Morgan fingerprint density at radius 3 is 3.00 bits per heavy atom. The second-order valence-electron chi connectivity index (χ2n) is 5.28. The van der Waals surface area contributed by atoms with Crippen molar-refractivity contribution >= 4 is 11.6 Å². The highest BCUT2D eigenvalue weighted by atomic mass is 19.1. The van der Waals surface area contributed by atoms with E-state index in [1.165, 1.54) is 12.1 Å². The van der Waals surface area contributed by atoms with Gasteiger partial charge in [0.2, 0.25) is 0 Å². The van der Waals surface area contributed by atoms with Crippen LogP contribution in [0.4, 0.5) is 10.1 Å². The lowest BCUT2D eigenvalue weighted by Gasteiger charge is -2.17. The molecule has 0 aliphatic carbocycles. The molecule has 1 aliphatic rings. The highest BCUT2D eigenvalue weighted by molar-refractivity contribution is 5.95. The van der Waals surface area contributed by atoms with Crippen molar-refractivity contribution in [3.8, 4) is 0 Å². The number of ether oxygens (including phenoxy) is 1. The molecule has 1 saturated heterocycles. The minimum Gasteiger partial charge on any atom is -0.399 e. The number of nitrogens with two attached hydrogens (primary N) is 1. The molecule has 2 atom stereocenters. The van der Waals surface area contributed by atoms with Crippen molar-refractivity contribution in [2.45, 2.75) is 32.8 Å². The predicted octanol–water partition coefficient (Wildman–Crippen LogP) is 2.26. The molecule has 2 rings (SSSR count). The number of hydrogen-bond donors (Lipinski definition) is 2. The molecule has 2 unspecified atom stereocenters. The summed E-state index contributed by atoms with van der Waals surface area (Å²) in [4.78, 5) is 12.1. The van der Waals surface area contributed by atoms with E-state index < -0.39 is 11.7 Å². The lowest BCUT2D eigenvalue weighted by atomic mass is 9.99. The quantitative estimate of drug-likeness (QED) is 0.831. The summed E-state index contributed by atoms with van der Waals surface area (Å²) in [6, 6.07) is 2.89. The molecule has 4 nitrogen and oxygen atoms in total. The Balaban J connectivity index is 2.02. The van der Waals surface area contributed by atoms with E-state index in [4.69, 9.17) is 10.5 Å². The molecule has 1 aliphatic heterocycles. The van der Waals surface area contributed by atoms with Gasteiger partial charge in [0.05, 0.1) is 11.7 Å². The van der Waals surface area contributed by atoms with Gasteiger partial charge in [-0.1, -0.05) is 6.92 Å². The van der Waals surface area contributed by atoms with Crippen LogP contribution in [0.1, 0.15) is 35.7 Å². The van der Waals surface area contributed by atoms with Gasteiger partial charge in [-0.3, -0.25) is 4.79 Å². The standard InChI is InChI=1S/C15H21FN2O2/c1-3-13-10(4-5-20-13)8-18-15(19)12-7-11(17)6-9(2)14(12)16/h6-7,10,13H,3-5,8,17H2,1-2H3,(H,18,19). The molecule has 0 saturated carbocycles. The number of hydrogen-bond acceptors (Lipinski definition) is 3. The summed E-state index contributed by atoms with van der Waals surface area (Å²) in [5, 5.41) is 2.79. The summed E-state index contributed by atoms with van der Waals surface area (Å²) in [5.74, 6) is -0.625. The van der Waals surface area contributed by atoms with Crippen LogP contribution in [0.25, 0.3) is 0 Å². The maximum atomic E-state index is 13.9. The smallest absolute Gasteiger partial charge is 0.254 e. The van der Waals surface area contributed by atoms with E-state index in [0.29, 0.717) is 23.7 Å². The first-order valence-corrected chi connectivity index (χ1v) is 6.98. The number of nitrogen functional groups attached to an aromatic ring is 1. The van der Waals surface area contributed by atoms with Gasteiger partial charge in [0.1, 0.15) is 5.82 Å². The lowest BCUT2D eigenvalue weighted by molar-refractivity contribution is 0.0825. The zero-order chi connectivity index (χ0) is 14.7. The highest BCUT2D eigenvalue weighted by Crippen LogP contribution is 2.23. The number of rotatable bonds is 4. The Morgan fingerprint density at radius 1 is 1.55 bits per heavy atom. The van der Waals surface area contributed by atoms with Crippen LogP contribution in [0.3, 0.4) is 0 Å². The van der Waals surface area contributed by atoms with Gasteiger partial charge >= 0.3 is 0 Å². The zero-order valence-electron chi connectivity index (χ0n) is 11.9. The molecule has 1 fully saturated rings. The molecule has 1 amide bonds. The maximum Gasteiger partial charge on any atom is 0.254 e. The SMILES string of the molecule is CCC1OCCC1CNC(=O)c1cc(N)cc(C)c1F. The summed E-state index contributed by atoms with van der Waals surface area (Å²) in [7, 11) is 0. The number of aryl methyl sites for hydroxylation is 1. The Kier molecular flexibility index (Phi) is 4.60. The fourth-order valence-corrected chi connectivity index (χ4v) is 2.66. The van der Waals surface area contributed by atoms with E-state index in [1.54, 1.807) is 6.92 Å². The van der Waals surface area contributed by atoms with Crippen LogP contribution < -0.4 is 11.1 Å². The summed E-state index contributed by atoms with van der Waals surface area (Å²) in [6.07, 6.45) is 2.03. The van der Waals surface area contributed by atoms with Crippen molar-refractivity contribution < 1.29 is 13.9 Å². The van der Waals surface area contributed by atoms with Crippen LogP contribution in [0, 0.1) is 18.7 Å². The third-order valence-electron chi connectivity index (χ3n) is 3.80. The normalized spacial score (nSPS) is 21.9. The summed E-state index contributed by atoms with van der Waals surface area (Å²) in [6.45, 7) is 4.89. The van der Waals surface area contributed by atoms with E-state index in [2.05, 4.69) is 12.2 Å². The number of amides is 1. The van der Waals surface area contributed by atoms with E-state index in [-0.39, 0.29) is 11.7 Å². The summed E-state index contributed by atoms with van der Waals surface area (Å²) >= 11 is 0. The van der Waals surface area contributed by atoms with Crippen molar-refractivity contribution in [1.82, 2.24) is 5.32 Å². The van der Waals surface area contributed by atoms with Gasteiger partial charge in [0, 0.05) is 24.8 Å². The Bertz CT molecular complexity index is 505. The fraction of sp³-hybridized carbons (Fsp3) is 0.533. The van der Waals surface area contributed by atoms with Gasteiger partial charge < -0.3 is 15.8 Å². The molecule has 20 heavy (non-hydrogen) atoms. The monoisotopic (exact) mass is 280 g/mol. The predicted molar refractivity (Wildman–Crippen MR) is 76.0 cm³/mol. The average molecular weight is 280 g/mol. The third kappa shape index (κ3) is 3.10. The number of halogens is 1. The molecule has 0 radical (unpaired) electrons. The van der Waals surface area contributed by atoms with Crippen molar-refractivity contribution in [3.05, 3.63) is 29.1 Å². The van der Waals surface area contributed by atoms with E-state index in [0.717, 1.165) is 19.4 Å². The first-order chi connectivity index (χ1) is 9.52. The second kappa shape index (κ2) is 6.22. The van der Waals surface area contributed by atoms with Crippen molar-refractivity contribution in [3.63, 3.8) is 0 Å². The fourth-order valence-electron chi connectivity index (χ4n) is 2.66. The summed E-state index contributed by atoms with van der Waals surface area (Å²) in [5.41, 5.74) is 6.44. The number of benzene rings is 1. The van der Waals surface area contributed by atoms with Crippen molar-refractivity contribution in [2.24, 2.45) is 5.92 Å². The number of nitrogens with one attached hydrogen (secondary N) is 1. The highest BCUT2D eigenvalue weighted by Gasteiger charge is 2.27. The second-order valence-corrected chi connectivity index (χ2v) is 5.28. The van der Waals surface area contributed by atoms with E-state index in [1.807, 2.05) is 0 Å². The minimum absolute atomic E-state index is 0.00876.